The summed E-state index contributed by atoms with van der Waals surface area (Å²) in [5.41, 5.74) is 0.478. The Labute approximate surface area is 126 Å². The van der Waals surface area contributed by atoms with Crippen molar-refractivity contribution in [1.82, 2.24) is 9.78 Å². The van der Waals surface area contributed by atoms with Crippen molar-refractivity contribution in [2.24, 2.45) is 0 Å². The molecule has 1 aromatic carbocycles. The quantitative estimate of drug-likeness (QED) is 0.919. The lowest BCUT2D eigenvalue weighted by atomic mass is 10.2. The Kier molecular flexibility index (Phi) is 4.59. The number of hydrogen-bond donors (Lipinski definition) is 1. The number of aromatic nitrogens is 2. The van der Waals surface area contributed by atoms with Crippen LogP contribution in [0.4, 0.5) is 5.69 Å². The second-order valence-corrected chi connectivity index (χ2v) is 4.89. The summed E-state index contributed by atoms with van der Waals surface area (Å²) in [6, 6.07) is 7.54. The van der Waals surface area contributed by atoms with Crippen LogP contribution >= 0.6 is 11.6 Å². The van der Waals surface area contributed by atoms with Crippen LogP contribution in [0.1, 0.15) is 13.0 Å². The number of aliphatic carboxylic acids is 1. The van der Waals surface area contributed by atoms with Gasteiger partial charge in [0.1, 0.15) is 12.6 Å². The lowest BCUT2D eigenvalue weighted by molar-refractivity contribution is -0.137. The van der Waals surface area contributed by atoms with Gasteiger partial charge in [0.05, 0.1) is 0 Å². The zero-order chi connectivity index (χ0) is 15.4. The number of carboxylic acid groups (broad SMARTS) is 1. The normalized spacial score (nSPS) is 11.9. The van der Waals surface area contributed by atoms with Crippen molar-refractivity contribution >= 4 is 29.2 Å². The molecule has 0 saturated heterocycles. The third kappa shape index (κ3) is 3.61. The highest BCUT2D eigenvalue weighted by Crippen LogP contribution is 2.21. The third-order valence-corrected chi connectivity index (χ3v) is 3.23. The Hall–Kier alpha value is -2.34. The zero-order valence-corrected chi connectivity index (χ0v) is 12.1. The van der Waals surface area contributed by atoms with Gasteiger partial charge in [-0.15, -0.1) is 0 Å². The molecule has 2 rings (SSSR count). The zero-order valence-electron chi connectivity index (χ0n) is 11.3. The predicted molar refractivity (Wildman–Crippen MR) is 78.4 cm³/mol. The number of carbonyl (C=O) groups is 2. The Morgan fingerprint density at radius 1 is 1.38 bits per heavy atom. The van der Waals surface area contributed by atoms with Gasteiger partial charge in [-0.2, -0.15) is 5.10 Å². The van der Waals surface area contributed by atoms with Crippen LogP contribution in [0, 0.1) is 0 Å². The van der Waals surface area contributed by atoms with Gasteiger partial charge in [0, 0.05) is 23.1 Å². The molecule has 0 aliphatic rings. The molecule has 6 nitrogen and oxygen atoms in total. The van der Waals surface area contributed by atoms with Gasteiger partial charge in [0.2, 0.25) is 0 Å². The summed E-state index contributed by atoms with van der Waals surface area (Å²) in [6.07, 6.45) is 3.22. The molecule has 1 heterocycles. The highest BCUT2D eigenvalue weighted by molar-refractivity contribution is 6.30. The largest absolute Gasteiger partial charge is 0.480 e. The number of carbonyl (C=O) groups excluding carboxylic acids is 1. The maximum absolute atomic E-state index is 12.5. The van der Waals surface area contributed by atoms with Gasteiger partial charge in [-0.25, -0.2) is 0 Å². The van der Waals surface area contributed by atoms with E-state index in [1.807, 2.05) is 0 Å². The van der Waals surface area contributed by atoms with Crippen molar-refractivity contribution in [3.63, 3.8) is 0 Å². The van der Waals surface area contributed by atoms with Gasteiger partial charge in [-0.1, -0.05) is 11.6 Å². The first-order chi connectivity index (χ1) is 9.99. The Morgan fingerprint density at radius 3 is 2.57 bits per heavy atom. The molecule has 2 aromatic rings. The fourth-order valence-corrected chi connectivity index (χ4v) is 2.03. The third-order valence-electron chi connectivity index (χ3n) is 2.98. The summed E-state index contributed by atoms with van der Waals surface area (Å²) in [5.74, 6) is -1.45. The van der Waals surface area contributed by atoms with E-state index in [0.29, 0.717) is 10.7 Å². The lowest BCUT2D eigenvalue weighted by Crippen LogP contribution is -2.40. The van der Waals surface area contributed by atoms with Gasteiger partial charge in [0.25, 0.3) is 5.91 Å². The SMILES string of the molecule is CC(C(=O)N(CC(=O)O)c1ccc(Cl)cc1)n1cccn1. The molecule has 7 heteroatoms. The molecule has 0 radical (unpaired) electrons. The van der Waals surface area contributed by atoms with Crippen LogP contribution in [0.15, 0.2) is 42.7 Å². The van der Waals surface area contributed by atoms with Crippen LogP contribution in [-0.2, 0) is 9.59 Å². The molecule has 110 valence electrons. The molecule has 1 aromatic heterocycles. The number of amides is 1. The second-order valence-electron chi connectivity index (χ2n) is 4.46. The van der Waals surface area contributed by atoms with E-state index in [1.165, 1.54) is 9.58 Å². The van der Waals surface area contributed by atoms with Gasteiger partial charge in [-0.3, -0.25) is 19.2 Å². The average Bonchev–Trinajstić information content (AvgIpc) is 2.98. The number of carboxylic acids is 1. The number of benzene rings is 1. The minimum Gasteiger partial charge on any atom is -0.480 e. The fourth-order valence-electron chi connectivity index (χ4n) is 1.90. The van der Waals surface area contributed by atoms with E-state index < -0.39 is 18.6 Å². The smallest absolute Gasteiger partial charge is 0.323 e. The molecule has 0 bridgehead atoms. The van der Waals surface area contributed by atoms with Gasteiger partial charge in [-0.05, 0) is 37.3 Å². The van der Waals surface area contributed by atoms with E-state index in [4.69, 9.17) is 16.7 Å². The summed E-state index contributed by atoms with van der Waals surface area (Å²) in [6.45, 7) is 1.24. The predicted octanol–water partition coefficient (Wildman–Crippen LogP) is 2.22. The van der Waals surface area contributed by atoms with E-state index in [1.54, 1.807) is 49.6 Å². The van der Waals surface area contributed by atoms with Crippen molar-refractivity contribution < 1.29 is 14.7 Å². The summed E-state index contributed by atoms with van der Waals surface area (Å²) in [5, 5.41) is 13.5. The molecule has 0 spiro atoms. The Morgan fingerprint density at radius 2 is 2.05 bits per heavy atom. The van der Waals surface area contributed by atoms with Crippen molar-refractivity contribution in [3.8, 4) is 0 Å². The van der Waals surface area contributed by atoms with E-state index >= 15 is 0 Å². The van der Waals surface area contributed by atoms with Crippen LogP contribution in [0.3, 0.4) is 0 Å². The number of halogens is 1. The molecule has 1 N–H and O–H groups in total. The molecule has 0 fully saturated rings. The molecule has 0 aliphatic heterocycles. The number of hydrogen-bond acceptors (Lipinski definition) is 3. The van der Waals surface area contributed by atoms with Gasteiger partial charge >= 0.3 is 5.97 Å². The molecule has 1 unspecified atom stereocenters. The summed E-state index contributed by atoms with van der Waals surface area (Å²) >= 11 is 5.81. The van der Waals surface area contributed by atoms with E-state index in [-0.39, 0.29) is 5.91 Å². The lowest BCUT2D eigenvalue weighted by Gasteiger charge is -2.24. The van der Waals surface area contributed by atoms with E-state index in [0.717, 1.165) is 0 Å². The number of rotatable bonds is 5. The Bertz CT molecular complexity index is 625. The van der Waals surface area contributed by atoms with Crippen molar-refractivity contribution in [2.45, 2.75) is 13.0 Å². The maximum atomic E-state index is 12.5. The first kappa shape index (κ1) is 15.1. The van der Waals surface area contributed by atoms with Gasteiger partial charge in [0.15, 0.2) is 0 Å². The van der Waals surface area contributed by atoms with Crippen LogP contribution in [0.2, 0.25) is 5.02 Å². The first-order valence-electron chi connectivity index (χ1n) is 6.27. The highest BCUT2D eigenvalue weighted by Gasteiger charge is 2.25. The molecule has 0 aliphatic carbocycles. The topological polar surface area (TPSA) is 75.4 Å². The van der Waals surface area contributed by atoms with Crippen molar-refractivity contribution in [3.05, 3.63) is 47.7 Å². The number of anilines is 1. The van der Waals surface area contributed by atoms with Crippen LogP contribution in [0.25, 0.3) is 0 Å². The van der Waals surface area contributed by atoms with Crippen LogP contribution in [-0.4, -0.2) is 33.3 Å². The minimum absolute atomic E-state index is 0.358. The first-order valence-corrected chi connectivity index (χ1v) is 6.64. The molecular formula is C14H14ClN3O3. The Balaban J connectivity index is 2.29. The number of nitrogens with zero attached hydrogens (tertiary/aromatic N) is 3. The second kappa shape index (κ2) is 6.41. The van der Waals surface area contributed by atoms with E-state index in [9.17, 15) is 9.59 Å². The standard InChI is InChI=1S/C14H14ClN3O3/c1-10(18-8-2-7-16-18)14(21)17(9-13(19)20)12-5-3-11(15)4-6-12/h2-8,10H,9H2,1H3,(H,19,20). The van der Waals surface area contributed by atoms with Crippen LogP contribution < -0.4 is 4.90 Å². The van der Waals surface area contributed by atoms with Crippen molar-refractivity contribution in [1.29, 1.82) is 0 Å². The molecule has 1 atom stereocenters. The summed E-state index contributed by atoms with van der Waals surface area (Å²) in [4.78, 5) is 24.8. The monoisotopic (exact) mass is 307 g/mol. The minimum atomic E-state index is -1.09. The molecule has 1 amide bonds. The maximum Gasteiger partial charge on any atom is 0.323 e. The van der Waals surface area contributed by atoms with Crippen LogP contribution in [0.5, 0.6) is 0 Å². The van der Waals surface area contributed by atoms with Gasteiger partial charge < -0.3 is 5.11 Å². The van der Waals surface area contributed by atoms with Crippen molar-refractivity contribution in [2.75, 3.05) is 11.4 Å². The molecule has 0 saturated carbocycles. The highest BCUT2D eigenvalue weighted by atomic mass is 35.5. The van der Waals surface area contributed by atoms with E-state index in [2.05, 4.69) is 5.10 Å². The molecule has 21 heavy (non-hydrogen) atoms. The molecular weight excluding hydrogens is 294 g/mol. The fraction of sp³-hybridized carbons (Fsp3) is 0.214. The average molecular weight is 308 g/mol. The summed E-state index contributed by atoms with van der Waals surface area (Å²) < 4.78 is 1.48. The summed E-state index contributed by atoms with van der Waals surface area (Å²) in [7, 11) is 0.